The molecule has 0 atom stereocenters. The fraction of sp³-hybridized carbons (Fsp3) is 0.333. The minimum absolute atomic E-state index is 0. The van der Waals surface area contributed by atoms with Gasteiger partial charge in [0.05, 0.1) is 0 Å². The summed E-state index contributed by atoms with van der Waals surface area (Å²) in [7, 11) is 0. The van der Waals surface area contributed by atoms with E-state index in [1.807, 2.05) is 6.08 Å². The molecular weight excluding hydrogens is 208 g/mol. The van der Waals surface area contributed by atoms with Gasteiger partial charge in [-0.25, -0.2) is 19.1 Å². The van der Waals surface area contributed by atoms with Crippen LogP contribution in [-0.4, -0.2) is 6.21 Å². The van der Waals surface area contributed by atoms with Gasteiger partial charge in [-0.2, -0.15) is 0 Å². The van der Waals surface area contributed by atoms with Crippen molar-refractivity contribution in [3.63, 3.8) is 0 Å². The summed E-state index contributed by atoms with van der Waals surface area (Å²) in [5.41, 5.74) is 1.14. The molecule has 0 spiro atoms. The van der Waals surface area contributed by atoms with Crippen molar-refractivity contribution >= 4 is 6.21 Å². The van der Waals surface area contributed by atoms with E-state index >= 15 is 0 Å². The van der Waals surface area contributed by atoms with Gasteiger partial charge in [0.1, 0.15) is 0 Å². The van der Waals surface area contributed by atoms with Gasteiger partial charge in [0.15, 0.2) is 0 Å². The van der Waals surface area contributed by atoms with Crippen LogP contribution in [0, 0.1) is 18.3 Å². The van der Waals surface area contributed by atoms with E-state index in [2.05, 4.69) is 20.8 Å². The smallest absolute Gasteiger partial charge is 0.309 e. The summed E-state index contributed by atoms with van der Waals surface area (Å²) < 4.78 is 0. The van der Waals surface area contributed by atoms with E-state index in [1.165, 1.54) is 6.21 Å². The SMILES string of the molecule is [CH2-]/C=C\C(=C/C=N)C(C)C.[Rb+]. The summed E-state index contributed by atoms with van der Waals surface area (Å²) in [6.45, 7) is 7.78. The van der Waals surface area contributed by atoms with E-state index in [4.69, 9.17) is 5.41 Å². The van der Waals surface area contributed by atoms with Crippen molar-refractivity contribution in [2.45, 2.75) is 13.8 Å². The maximum absolute atomic E-state index is 6.85. The molecule has 0 saturated heterocycles. The molecule has 2 heteroatoms. The van der Waals surface area contributed by atoms with Crippen LogP contribution in [-0.2, 0) is 0 Å². The van der Waals surface area contributed by atoms with Crippen LogP contribution in [0.1, 0.15) is 13.8 Å². The zero-order chi connectivity index (χ0) is 7.98. The molecule has 0 bridgehead atoms. The van der Waals surface area contributed by atoms with Crippen molar-refractivity contribution < 1.29 is 58.2 Å². The van der Waals surface area contributed by atoms with Crippen molar-refractivity contribution in [1.29, 1.82) is 5.41 Å². The third kappa shape index (κ3) is 7.19. The van der Waals surface area contributed by atoms with Gasteiger partial charge in [0.2, 0.25) is 0 Å². The van der Waals surface area contributed by atoms with Gasteiger partial charge >= 0.3 is 58.2 Å². The predicted molar refractivity (Wildman–Crippen MR) is 46.2 cm³/mol. The van der Waals surface area contributed by atoms with E-state index in [9.17, 15) is 0 Å². The number of hydrogen-bond acceptors (Lipinski definition) is 1. The van der Waals surface area contributed by atoms with Crippen LogP contribution in [0.2, 0.25) is 0 Å². The predicted octanol–water partition coefficient (Wildman–Crippen LogP) is -0.387. The molecule has 0 fully saturated rings. The van der Waals surface area contributed by atoms with Crippen LogP contribution in [0.25, 0.3) is 0 Å². The first kappa shape index (κ1) is 14.4. The first-order valence-electron chi connectivity index (χ1n) is 3.38. The topological polar surface area (TPSA) is 23.9 Å². The minimum atomic E-state index is 0. The summed E-state index contributed by atoms with van der Waals surface area (Å²) in [6, 6.07) is 0. The number of allylic oxidation sites excluding steroid dienone is 4. The van der Waals surface area contributed by atoms with Crippen molar-refractivity contribution in [3.8, 4) is 0 Å². The van der Waals surface area contributed by atoms with Crippen LogP contribution in [0.4, 0.5) is 0 Å². The monoisotopic (exact) mass is 221 g/mol. The largest absolute Gasteiger partial charge is 1.00 e. The van der Waals surface area contributed by atoms with Crippen molar-refractivity contribution in [2.75, 3.05) is 0 Å². The Labute approximate surface area is 118 Å². The van der Waals surface area contributed by atoms with E-state index < -0.39 is 0 Å². The quantitative estimate of drug-likeness (QED) is 0.382. The van der Waals surface area contributed by atoms with Crippen LogP contribution < -0.4 is 58.2 Å². The minimum Gasteiger partial charge on any atom is -0.309 e. The molecule has 0 aliphatic carbocycles. The van der Waals surface area contributed by atoms with Gasteiger partial charge in [0, 0.05) is 6.21 Å². The van der Waals surface area contributed by atoms with Crippen LogP contribution in [0.15, 0.2) is 23.8 Å². The molecule has 0 unspecified atom stereocenters. The summed E-state index contributed by atoms with van der Waals surface area (Å²) in [5, 5.41) is 6.85. The molecule has 1 N–H and O–H groups in total. The number of nitrogens with one attached hydrogen (secondary N) is 1. The molecule has 0 aliphatic heterocycles. The normalized spacial score (nSPS) is 11.7. The molecule has 1 nitrogen and oxygen atoms in total. The Morgan fingerprint density at radius 2 is 2.00 bits per heavy atom. The molecule has 0 aliphatic rings. The van der Waals surface area contributed by atoms with E-state index in [1.54, 1.807) is 12.2 Å². The van der Waals surface area contributed by atoms with Gasteiger partial charge in [0.25, 0.3) is 0 Å². The molecule has 0 rings (SSSR count). The second-order valence-electron chi connectivity index (χ2n) is 2.39. The van der Waals surface area contributed by atoms with Crippen LogP contribution >= 0.6 is 0 Å². The van der Waals surface area contributed by atoms with Crippen molar-refractivity contribution in [1.82, 2.24) is 0 Å². The molecule has 0 radical (unpaired) electrons. The zero-order valence-electron chi connectivity index (χ0n) is 7.59. The first-order chi connectivity index (χ1) is 4.72. The van der Waals surface area contributed by atoms with E-state index in [0.717, 1.165) is 5.57 Å². The van der Waals surface area contributed by atoms with Gasteiger partial charge in [-0.1, -0.05) is 19.9 Å². The standard InChI is InChI=1S/C9H14N.Rb/c1-4-5-9(6-7-10)8(2)3;/h4-8,10H,1H2,2-3H3;/q-1;+1/b5-4-,9-6+,10-7?;. The third-order valence-electron chi connectivity index (χ3n) is 1.25. The molecular formula is C9H14NRb. The Bertz CT molecular complexity index is 157. The average Bonchev–Trinajstić information content (AvgIpc) is 1.87. The molecule has 0 amide bonds. The summed E-state index contributed by atoms with van der Waals surface area (Å²) in [6.07, 6.45) is 6.76. The van der Waals surface area contributed by atoms with Crippen molar-refractivity contribution in [2.24, 2.45) is 5.92 Å². The first-order valence-corrected chi connectivity index (χ1v) is 3.38. The fourth-order valence-corrected chi connectivity index (χ4v) is 0.673. The second kappa shape index (κ2) is 8.92. The summed E-state index contributed by atoms with van der Waals surface area (Å²) in [5.74, 6) is 0.472. The Hall–Kier alpha value is 0.825. The molecule has 56 valence electrons. The van der Waals surface area contributed by atoms with Gasteiger partial charge in [-0.15, -0.1) is 5.57 Å². The third-order valence-corrected chi connectivity index (χ3v) is 1.25. The Morgan fingerprint density at radius 1 is 1.45 bits per heavy atom. The second-order valence-corrected chi connectivity index (χ2v) is 2.39. The molecule has 0 saturated carbocycles. The Kier molecular flexibility index (Phi) is 11.6. The van der Waals surface area contributed by atoms with Crippen molar-refractivity contribution in [3.05, 3.63) is 30.7 Å². The number of hydrogen-bond donors (Lipinski definition) is 1. The Morgan fingerprint density at radius 3 is 2.27 bits per heavy atom. The maximum Gasteiger partial charge on any atom is 1.00 e. The summed E-state index contributed by atoms with van der Waals surface area (Å²) >= 11 is 0. The van der Waals surface area contributed by atoms with Crippen LogP contribution in [0.5, 0.6) is 0 Å². The van der Waals surface area contributed by atoms with Crippen LogP contribution in [0.3, 0.4) is 0 Å². The molecule has 0 aromatic rings. The molecule has 0 aromatic heterocycles. The molecule has 11 heavy (non-hydrogen) atoms. The molecule has 0 aromatic carbocycles. The van der Waals surface area contributed by atoms with Gasteiger partial charge in [-0.3, -0.25) is 0 Å². The van der Waals surface area contributed by atoms with E-state index in [-0.39, 0.29) is 58.2 Å². The fourth-order valence-electron chi connectivity index (χ4n) is 0.673. The number of rotatable bonds is 3. The Balaban J connectivity index is 0. The van der Waals surface area contributed by atoms with E-state index in [0.29, 0.717) is 5.92 Å². The molecule has 0 heterocycles. The summed E-state index contributed by atoms with van der Waals surface area (Å²) in [4.78, 5) is 0. The maximum atomic E-state index is 6.85. The van der Waals surface area contributed by atoms with Gasteiger partial charge in [-0.05, 0) is 5.92 Å². The van der Waals surface area contributed by atoms with Gasteiger partial charge < -0.3 is 5.41 Å². The average molecular weight is 222 g/mol. The zero-order valence-corrected chi connectivity index (χ0v) is 12.5.